The molecule has 1 aliphatic rings. The Morgan fingerprint density at radius 3 is 1.33 bits per heavy atom. The molecule has 0 saturated heterocycles. The van der Waals surface area contributed by atoms with E-state index in [0.29, 0.717) is 25.7 Å². The maximum absolute atomic E-state index is 13.1. The van der Waals surface area contributed by atoms with E-state index in [4.69, 9.17) is 18.5 Å². The molecule has 0 aliphatic heterocycles. The summed E-state index contributed by atoms with van der Waals surface area (Å²) in [6, 6.07) is 0. The van der Waals surface area contributed by atoms with Gasteiger partial charge in [0.15, 0.2) is 6.10 Å². The smallest absolute Gasteiger partial charge is 0.462 e. The number of ether oxygens (including phenoxy) is 2. The summed E-state index contributed by atoms with van der Waals surface area (Å²) in [4.78, 5) is 73.3. The van der Waals surface area contributed by atoms with Crippen LogP contribution in [0.5, 0.6) is 0 Å². The van der Waals surface area contributed by atoms with Crippen LogP contribution >= 0.6 is 23.5 Å². The number of esters is 2. The summed E-state index contributed by atoms with van der Waals surface area (Å²) in [7, 11) is -16.6. The summed E-state index contributed by atoms with van der Waals surface area (Å²) in [5.74, 6) is -1.36. The van der Waals surface area contributed by atoms with Crippen LogP contribution in [-0.4, -0.2) is 108 Å². The van der Waals surface area contributed by atoms with Gasteiger partial charge in [0.25, 0.3) is 0 Å². The van der Waals surface area contributed by atoms with Crippen molar-refractivity contribution >= 4 is 35.4 Å². The highest BCUT2D eigenvalue weighted by Gasteiger charge is 2.56. The highest BCUT2D eigenvalue weighted by Crippen LogP contribution is 2.51. The Balaban J connectivity index is 2.75. The first-order valence-corrected chi connectivity index (χ1v) is 29.5. The molecule has 1 saturated carbocycles. The minimum Gasteiger partial charge on any atom is -0.462 e. The summed E-state index contributed by atoms with van der Waals surface area (Å²) in [5, 5.41) is 31.9. The fourth-order valence-corrected chi connectivity index (χ4v) is 9.50. The number of rotatable bonds is 42. The molecular formula is C47H85O19P3. The van der Waals surface area contributed by atoms with Gasteiger partial charge < -0.3 is 49.3 Å². The second kappa shape index (κ2) is 38.7. The van der Waals surface area contributed by atoms with E-state index in [2.05, 4.69) is 53.3 Å². The van der Waals surface area contributed by atoms with Gasteiger partial charge in [0.05, 0.1) is 6.61 Å². The zero-order valence-corrected chi connectivity index (χ0v) is 43.6. The molecule has 0 bridgehead atoms. The molecule has 8 N–H and O–H groups in total. The van der Waals surface area contributed by atoms with Crippen molar-refractivity contribution in [2.45, 2.75) is 224 Å². The average Bonchev–Trinajstić information content (AvgIpc) is 3.28. The maximum atomic E-state index is 13.1. The van der Waals surface area contributed by atoms with Crippen molar-refractivity contribution in [1.82, 2.24) is 0 Å². The number of carbonyl (C=O) groups is 2. The first kappa shape index (κ1) is 65.1. The minimum atomic E-state index is -5.61. The topological polar surface area (TPSA) is 303 Å². The highest BCUT2D eigenvalue weighted by atomic mass is 31.2. The van der Waals surface area contributed by atoms with Gasteiger partial charge in [-0.3, -0.25) is 27.7 Å². The molecule has 1 fully saturated rings. The number of aliphatic hydroxyl groups is 3. The van der Waals surface area contributed by atoms with Crippen molar-refractivity contribution in [3.8, 4) is 0 Å². The van der Waals surface area contributed by atoms with E-state index >= 15 is 0 Å². The number of carbonyl (C=O) groups excluding carboxylic acids is 2. The molecule has 19 nitrogen and oxygen atoms in total. The third kappa shape index (κ3) is 35.0. The molecule has 0 radical (unpaired) electrons. The van der Waals surface area contributed by atoms with Crippen LogP contribution in [0, 0.1) is 0 Å². The van der Waals surface area contributed by atoms with Crippen molar-refractivity contribution in [2.75, 3.05) is 13.2 Å². The van der Waals surface area contributed by atoms with Crippen molar-refractivity contribution in [2.24, 2.45) is 0 Å². The summed E-state index contributed by atoms with van der Waals surface area (Å²) in [5.41, 5.74) is 0. The lowest BCUT2D eigenvalue weighted by atomic mass is 9.85. The first-order valence-electron chi connectivity index (χ1n) is 24.9. The number of hydrogen-bond acceptors (Lipinski definition) is 14. The van der Waals surface area contributed by atoms with Crippen LogP contribution in [0.2, 0.25) is 0 Å². The van der Waals surface area contributed by atoms with Crippen molar-refractivity contribution < 1.29 is 90.6 Å². The lowest BCUT2D eigenvalue weighted by Gasteiger charge is -2.44. The molecule has 1 aliphatic carbocycles. The molecule has 1 unspecified atom stereocenters. The first-order chi connectivity index (χ1) is 32.8. The molecular weight excluding hydrogens is 961 g/mol. The molecule has 1 rings (SSSR count). The van der Waals surface area contributed by atoms with Crippen molar-refractivity contribution in [1.29, 1.82) is 0 Å². The lowest BCUT2D eigenvalue weighted by molar-refractivity contribution is -0.213. The zero-order chi connectivity index (χ0) is 51.4. The van der Waals surface area contributed by atoms with Gasteiger partial charge in [0.2, 0.25) is 0 Å². The average molecular weight is 1050 g/mol. The van der Waals surface area contributed by atoms with Crippen LogP contribution < -0.4 is 0 Å². The second-order valence-corrected chi connectivity index (χ2v) is 21.2. The highest BCUT2D eigenvalue weighted by molar-refractivity contribution is 7.47. The van der Waals surface area contributed by atoms with E-state index < -0.39 is 91.3 Å². The number of phosphoric ester groups is 3. The fraction of sp³-hybridized carbons (Fsp3) is 0.787. The Labute approximate surface area is 410 Å². The maximum Gasteiger partial charge on any atom is 0.472 e. The Hall–Kier alpha value is -1.89. The number of hydrogen-bond donors (Lipinski definition) is 8. The van der Waals surface area contributed by atoms with E-state index in [1.807, 2.05) is 18.2 Å². The SMILES string of the molecule is CCCCC/C=C\C/C=C\C/C=C\C/C=C\CCCC(=O)O[C@H](COC(=O)CCCCCCCCCCCCCCCCC)COP(=O)(O)O[C@@H]1[C@H](O)[C@H](O)[C@@H](OP(=O)(O)O)[C@H](OP(=O)(O)O)[C@H]1O. The lowest BCUT2D eigenvalue weighted by Crippen LogP contribution is -2.65. The van der Waals surface area contributed by atoms with Crippen LogP contribution in [0.4, 0.5) is 0 Å². The monoisotopic (exact) mass is 1050 g/mol. The Bertz CT molecular complexity index is 1630. The van der Waals surface area contributed by atoms with Crippen LogP contribution in [-0.2, 0) is 50.9 Å². The summed E-state index contributed by atoms with van der Waals surface area (Å²) in [6.45, 7) is 2.88. The number of phosphoric acid groups is 3. The third-order valence-electron chi connectivity index (χ3n) is 11.1. The summed E-state index contributed by atoms with van der Waals surface area (Å²) in [6.07, 6.45) is 25.6. The predicted molar refractivity (Wildman–Crippen MR) is 261 cm³/mol. The van der Waals surface area contributed by atoms with Gasteiger partial charge in [0.1, 0.15) is 43.2 Å². The molecule has 0 spiro atoms. The Kier molecular flexibility index (Phi) is 36.5. The molecule has 0 aromatic carbocycles. The fourth-order valence-electron chi connectivity index (χ4n) is 7.40. The summed E-state index contributed by atoms with van der Waals surface area (Å²) < 4.78 is 65.5. The van der Waals surface area contributed by atoms with E-state index in [1.165, 1.54) is 83.5 Å². The quantitative estimate of drug-likeness (QED) is 0.0122. The van der Waals surface area contributed by atoms with Crippen LogP contribution in [0.15, 0.2) is 48.6 Å². The van der Waals surface area contributed by atoms with E-state index in [1.54, 1.807) is 0 Å². The number of allylic oxidation sites excluding steroid dienone is 8. The van der Waals surface area contributed by atoms with E-state index in [9.17, 15) is 63.1 Å². The molecule has 69 heavy (non-hydrogen) atoms. The zero-order valence-electron chi connectivity index (χ0n) is 40.9. The van der Waals surface area contributed by atoms with Gasteiger partial charge in [0, 0.05) is 12.8 Å². The van der Waals surface area contributed by atoms with E-state index in [0.717, 1.165) is 44.9 Å². The van der Waals surface area contributed by atoms with Crippen LogP contribution in [0.1, 0.15) is 181 Å². The molecule has 402 valence electrons. The summed E-state index contributed by atoms with van der Waals surface area (Å²) >= 11 is 0. The third-order valence-corrected chi connectivity index (χ3v) is 13.2. The van der Waals surface area contributed by atoms with Gasteiger partial charge in [-0.05, 0) is 51.4 Å². The van der Waals surface area contributed by atoms with Gasteiger partial charge in [-0.2, -0.15) is 0 Å². The number of unbranched alkanes of at least 4 members (excludes halogenated alkanes) is 18. The standard InChI is InChI=1S/C47H85O19P3/c1-3-5-7-9-11-13-15-17-19-20-22-24-26-28-30-32-34-36-41(49)63-39(37-61-40(48)35-33-31-29-27-25-23-21-18-16-14-12-10-8-6-4-2)38-62-69(59,60)66-45-42(50)43(51)46(64-67(53,54)55)47(44(45)52)65-68(56,57)58/h11,13,17,19,22,24,28,30,39,42-47,50-52H,3-10,12,14-16,18,20-21,23,25-27,29,31-38H2,1-2H3,(H,59,60)(H2,53,54,55)(H2,56,57,58)/b13-11-,19-17-,24-22-,30-28-/t39-,42-,43+,44+,45-,46-,47-/m1/s1. The second-order valence-electron chi connectivity index (χ2n) is 17.4. The van der Waals surface area contributed by atoms with Crippen LogP contribution in [0.25, 0.3) is 0 Å². The molecule has 0 aromatic heterocycles. The molecule has 0 aromatic rings. The van der Waals surface area contributed by atoms with Crippen LogP contribution in [0.3, 0.4) is 0 Å². The normalized spacial score (nSPS) is 21.7. The predicted octanol–water partition coefficient (Wildman–Crippen LogP) is 9.40. The minimum absolute atomic E-state index is 0.0703. The van der Waals surface area contributed by atoms with Gasteiger partial charge in [-0.1, -0.05) is 165 Å². The van der Waals surface area contributed by atoms with Crippen molar-refractivity contribution in [3.63, 3.8) is 0 Å². The Morgan fingerprint density at radius 1 is 0.464 bits per heavy atom. The van der Waals surface area contributed by atoms with E-state index in [-0.39, 0.29) is 12.8 Å². The molecule has 22 heteroatoms. The van der Waals surface area contributed by atoms with Crippen molar-refractivity contribution in [3.05, 3.63) is 48.6 Å². The van der Waals surface area contributed by atoms with Gasteiger partial charge in [-0.25, -0.2) is 13.7 Å². The largest absolute Gasteiger partial charge is 0.472 e. The molecule has 8 atom stereocenters. The molecule has 0 amide bonds. The Morgan fingerprint density at radius 2 is 0.855 bits per heavy atom. The van der Waals surface area contributed by atoms with Gasteiger partial charge in [-0.15, -0.1) is 0 Å². The number of aliphatic hydroxyl groups excluding tert-OH is 3. The molecule has 0 heterocycles. The van der Waals surface area contributed by atoms with Gasteiger partial charge >= 0.3 is 35.4 Å².